The normalized spacial score (nSPS) is 16.4. The van der Waals surface area contributed by atoms with E-state index in [4.69, 9.17) is 9.47 Å². The summed E-state index contributed by atoms with van der Waals surface area (Å²) in [5, 5.41) is 6.88. The van der Waals surface area contributed by atoms with Gasteiger partial charge in [-0.2, -0.15) is 0 Å². The zero-order chi connectivity index (χ0) is 19.6. The average Bonchev–Trinajstić information content (AvgIpc) is 2.78. The number of methoxy groups -OCH3 is 1. The Hall–Kier alpha value is -2.57. The fraction of sp³-hybridized carbons (Fsp3) is 0.409. The van der Waals surface area contributed by atoms with Gasteiger partial charge in [-0.25, -0.2) is 0 Å². The van der Waals surface area contributed by atoms with Crippen LogP contribution in [0.1, 0.15) is 17.2 Å². The maximum atomic E-state index is 5.54. The zero-order valence-corrected chi connectivity index (χ0v) is 16.7. The summed E-state index contributed by atoms with van der Waals surface area (Å²) in [4.78, 5) is 6.83. The highest BCUT2D eigenvalue weighted by Crippen LogP contribution is 2.23. The van der Waals surface area contributed by atoms with Gasteiger partial charge in [0.15, 0.2) is 5.96 Å². The molecular formula is C22H30N4O2. The van der Waals surface area contributed by atoms with Crippen LogP contribution in [0, 0.1) is 0 Å². The molecule has 6 nitrogen and oxygen atoms in total. The molecule has 1 aliphatic rings. The quantitative estimate of drug-likeness (QED) is 0.569. The third-order valence-electron chi connectivity index (χ3n) is 4.98. The lowest BCUT2D eigenvalue weighted by Crippen LogP contribution is -2.46. The Labute approximate surface area is 167 Å². The molecule has 6 heteroatoms. The molecule has 1 heterocycles. The molecule has 2 N–H and O–H groups in total. The summed E-state index contributed by atoms with van der Waals surface area (Å²) in [7, 11) is 3.50. The first-order valence-electron chi connectivity index (χ1n) is 9.74. The molecule has 0 amide bonds. The first kappa shape index (κ1) is 20.2. The summed E-state index contributed by atoms with van der Waals surface area (Å²) in [6.07, 6.45) is 0. The third kappa shape index (κ3) is 5.71. The van der Waals surface area contributed by atoms with Crippen molar-refractivity contribution in [1.29, 1.82) is 0 Å². The van der Waals surface area contributed by atoms with E-state index in [2.05, 4.69) is 44.8 Å². The Morgan fingerprint density at radius 2 is 1.79 bits per heavy atom. The third-order valence-corrected chi connectivity index (χ3v) is 4.98. The highest BCUT2D eigenvalue weighted by atomic mass is 16.5. The molecule has 2 aromatic rings. The van der Waals surface area contributed by atoms with Gasteiger partial charge in [-0.1, -0.05) is 42.5 Å². The van der Waals surface area contributed by atoms with Gasteiger partial charge in [-0.05, 0) is 23.3 Å². The van der Waals surface area contributed by atoms with Crippen molar-refractivity contribution < 1.29 is 9.47 Å². The van der Waals surface area contributed by atoms with Gasteiger partial charge in [-0.15, -0.1) is 0 Å². The fourth-order valence-corrected chi connectivity index (χ4v) is 3.37. The molecule has 1 unspecified atom stereocenters. The summed E-state index contributed by atoms with van der Waals surface area (Å²) in [5.74, 6) is 1.67. The number of guanidine groups is 1. The molecule has 0 aliphatic carbocycles. The molecule has 28 heavy (non-hydrogen) atoms. The van der Waals surface area contributed by atoms with Crippen molar-refractivity contribution in [3.8, 4) is 5.75 Å². The lowest BCUT2D eigenvalue weighted by molar-refractivity contribution is 0.0170. The number of aliphatic imine (C=N–C) groups is 1. The number of ether oxygens (including phenoxy) is 2. The first-order chi connectivity index (χ1) is 13.8. The van der Waals surface area contributed by atoms with Crippen LogP contribution in [0.3, 0.4) is 0 Å². The van der Waals surface area contributed by atoms with Crippen molar-refractivity contribution in [2.75, 3.05) is 47.0 Å². The van der Waals surface area contributed by atoms with Crippen LogP contribution in [0.5, 0.6) is 5.75 Å². The minimum absolute atomic E-state index is 0.241. The van der Waals surface area contributed by atoms with Crippen LogP contribution in [0.15, 0.2) is 59.6 Å². The summed E-state index contributed by atoms with van der Waals surface area (Å²) >= 11 is 0. The molecule has 0 aromatic heterocycles. The molecule has 1 aliphatic heterocycles. The van der Waals surface area contributed by atoms with Crippen molar-refractivity contribution in [2.45, 2.75) is 12.6 Å². The SMILES string of the molecule is CN=C(NCc1ccccc1)NCC(c1ccc(OC)cc1)N1CCOCC1. The van der Waals surface area contributed by atoms with Crippen LogP contribution in [0.2, 0.25) is 0 Å². The number of hydrogen-bond donors (Lipinski definition) is 2. The lowest BCUT2D eigenvalue weighted by atomic mass is 10.0. The summed E-state index contributed by atoms with van der Waals surface area (Å²) in [6, 6.07) is 18.9. The second-order valence-corrected chi connectivity index (χ2v) is 6.73. The predicted octanol–water partition coefficient (Wildman–Crippen LogP) is 2.43. The van der Waals surface area contributed by atoms with Gasteiger partial charge >= 0.3 is 0 Å². The van der Waals surface area contributed by atoms with Gasteiger partial charge in [0.2, 0.25) is 0 Å². The maximum Gasteiger partial charge on any atom is 0.191 e. The minimum Gasteiger partial charge on any atom is -0.497 e. The van der Waals surface area contributed by atoms with Gasteiger partial charge in [0, 0.05) is 33.2 Å². The average molecular weight is 383 g/mol. The van der Waals surface area contributed by atoms with E-state index in [1.54, 1.807) is 14.2 Å². The second-order valence-electron chi connectivity index (χ2n) is 6.73. The Balaban J connectivity index is 1.64. The lowest BCUT2D eigenvalue weighted by Gasteiger charge is -2.35. The topological polar surface area (TPSA) is 58.1 Å². The van der Waals surface area contributed by atoms with Crippen LogP contribution in [0.25, 0.3) is 0 Å². The van der Waals surface area contributed by atoms with E-state index in [9.17, 15) is 0 Å². The van der Waals surface area contributed by atoms with E-state index < -0.39 is 0 Å². The van der Waals surface area contributed by atoms with Gasteiger partial charge in [0.05, 0.1) is 26.4 Å². The molecule has 1 saturated heterocycles. The Bertz CT molecular complexity index is 728. The van der Waals surface area contributed by atoms with Gasteiger partial charge in [0.1, 0.15) is 5.75 Å². The number of benzene rings is 2. The zero-order valence-electron chi connectivity index (χ0n) is 16.7. The van der Waals surface area contributed by atoms with Crippen LogP contribution in [-0.2, 0) is 11.3 Å². The Kier molecular flexibility index (Phi) is 7.70. The molecular weight excluding hydrogens is 352 g/mol. The molecule has 0 spiro atoms. The van der Waals surface area contributed by atoms with E-state index >= 15 is 0 Å². The van der Waals surface area contributed by atoms with Crippen LogP contribution in [0.4, 0.5) is 0 Å². The highest BCUT2D eigenvalue weighted by molar-refractivity contribution is 5.79. The standard InChI is InChI=1S/C22H30N4O2/c1-23-22(24-16-18-6-4-3-5-7-18)25-17-21(26-12-14-28-15-13-26)19-8-10-20(27-2)11-9-19/h3-11,21H,12-17H2,1-2H3,(H2,23,24,25). The van der Waals surface area contributed by atoms with Crippen molar-refractivity contribution in [3.05, 3.63) is 65.7 Å². The van der Waals surface area contributed by atoms with E-state index in [0.717, 1.165) is 51.1 Å². The number of nitrogens with one attached hydrogen (secondary N) is 2. The number of nitrogens with zero attached hydrogens (tertiary/aromatic N) is 2. The van der Waals surface area contributed by atoms with Crippen molar-refractivity contribution in [1.82, 2.24) is 15.5 Å². The van der Waals surface area contributed by atoms with E-state index in [1.807, 2.05) is 30.3 Å². The summed E-state index contributed by atoms with van der Waals surface area (Å²) in [5.41, 5.74) is 2.49. The second kappa shape index (κ2) is 10.7. The molecule has 1 fully saturated rings. The summed E-state index contributed by atoms with van der Waals surface area (Å²) in [6.45, 7) is 4.90. The smallest absolute Gasteiger partial charge is 0.191 e. The van der Waals surface area contributed by atoms with Crippen molar-refractivity contribution in [3.63, 3.8) is 0 Å². The van der Waals surface area contributed by atoms with Crippen molar-refractivity contribution >= 4 is 5.96 Å². The number of rotatable bonds is 7. The van der Waals surface area contributed by atoms with E-state index in [-0.39, 0.29) is 6.04 Å². The fourth-order valence-electron chi connectivity index (χ4n) is 3.37. The Morgan fingerprint density at radius 1 is 1.07 bits per heavy atom. The van der Waals surface area contributed by atoms with Gasteiger partial charge < -0.3 is 20.1 Å². The van der Waals surface area contributed by atoms with E-state index in [0.29, 0.717) is 0 Å². The molecule has 0 saturated carbocycles. The van der Waals surface area contributed by atoms with Crippen LogP contribution >= 0.6 is 0 Å². The molecule has 0 bridgehead atoms. The van der Waals surface area contributed by atoms with E-state index in [1.165, 1.54) is 11.1 Å². The van der Waals surface area contributed by atoms with Gasteiger partial charge in [0.25, 0.3) is 0 Å². The van der Waals surface area contributed by atoms with Crippen LogP contribution < -0.4 is 15.4 Å². The van der Waals surface area contributed by atoms with Crippen molar-refractivity contribution in [2.24, 2.45) is 4.99 Å². The Morgan fingerprint density at radius 3 is 2.43 bits per heavy atom. The van der Waals surface area contributed by atoms with Crippen LogP contribution in [-0.4, -0.2) is 57.9 Å². The maximum absolute atomic E-state index is 5.54. The molecule has 150 valence electrons. The molecule has 3 rings (SSSR count). The number of morpholine rings is 1. The predicted molar refractivity (Wildman–Crippen MR) is 113 cm³/mol. The minimum atomic E-state index is 0.241. The first-order valence-corrected chi connectivity index (χ1v) is 9.74. The highest BCUT2D eigenvalue weighted by Gasteiger charge is 2.23. The number of hydrogen-bond acceptors (Lipinski definition) is 4. The van der Waals surface area contributed by atoms with Gasteiger partial charge in [-0.3, -0.25) is 9.89 Å². The molecule has 2 aromatic carbocycles. The largest absolute Gasteiger partial charge is 0.497 e. The molecule has 0 radical (unpaired) electrons. The monoisotopic (exact) mass is 382 g/mol. The summed E-state index contributed by atoms with van der Waals surface area (Å²) < 4.78 is 10.8. The molecule has 1 atom stereocenters.